The van der Waals surface area contributed by atoms with E-state index in [2.05, 4.69) is 11.1 Å². The van der Waals surface area contributed by atoms with Gasteiger partial charge in [-0.15, -0.1) is 0 Å². The van der Waals surface area contributed by atoms with Crippen LogP contribution in [0.1, 0.15) is 18.4 Å². The van der Waals surface area contributed by atoms with Crippen molar-refractivity contribution >= 4 is 0 Å². The van der Waals surface area contributed by atoms with E-state index in [1.54, 1.807) is 12.1 Å². The minimum absolute atomic E-state index is 0.160. The zero-order chi connectivity index (χ0) is 21.2. The first-order valence-electron chi connectivity index (χ1n) is 10.7. The number of rotatable bonds is 5. The van der Waals surface area contributed by atoms with Crippen molar-refractivity contribution in [1.29, 1.82) is 0 Å². The van der Waals surface area contributed by atoms with E-state index in [9.17, 15) is 4.39 Å². The Morgan fingerprint density at radius 2 is 1.77 bits per heavy atom. The first kappa shape index (κ1) is 19.9. The topological polar surface area (TPSA) is 48.8 Å². The van der Waals surface area contributed by atoms with Gasteiger partial charge < -0.3 is 14.2 Å². The fourth-order valence-electron chi connectivity index (χ4n) is 4.22. The lowest BCUT2D eigenvalue weighted by Gasteiger charge is -2.32. The minimum atomic E-state index is -0.243. The summed E-state index contributed by atoms with van der Waals surface area (Å²) in [5.41, 5.74) is 3.20. The zero-order valence-corrected chi connectivity index (χ0v) is 17.6. The highest BCUT2D eigenvalue weighted by Crippen LogP contribution is 2.35. The van der Waals surface area contributed by atoms with E-state index in [0.717, 1.165) is 61.0 Å². The number of ether oxygens (including phenoxy) is 3. The highest BCUT2D eigenvalue weighted by molar-refractivity contribution is 5.66. The number of benzene rings is 2. The molecule has 2 aliphatic heterocycles. The molecule has 0 radical (unpaired) electrons. The maximum Gasteiger partial charge on any atom is 0.162 e. The summed E-state index contributed by atoms with van der Waals surface area (Å²) < 4.78 is 32.4. The van der Waals surface area contributed by atoms with Gasteiger partial charge in [-0.3, -0.25) is 9.58 Å². The number of likely N-dealkylation sites (tertiary alicyclic amines) is 1. The first-order valence-corrected chi connectivity index (χ1v) is 10.7. The second-order valence-electron chi connectivity index (χ2n) is 8.08. The molecule has 0 amide bonds. The van der Waals surface area contributed by atoms with Crippen LogP contribution in [0.2, 0.25) is 0 Å². The standard InChI is InChI=1S/C24H26FN3O3/c1-27-15-18(24(26-27)17-2-7-22-23(14-17)30-13-12-29-22)16-28-10-8-21(9-11-28)31-20-5-3-19(25)4-6-20/h2-7,14-15,21H,8-13,16H2,1H3. The van der Waals surface area contributed by atoms with Crippen molar-refractivity contribution in [3.8, 4) is 28.5 Å². The Kier molecular flexibility index (Phi) is 5.51. The van der Waals surface area contributed by atoms with Crippen LogP contribution in [0, 0.1) is 5.82 Å². The predicted octanol–water partition coefficient (Wildman–Crippen LogP) is 4.04. The number of piperidine rings is 1. The highest BCUT2D eigenvalue weighted by Gasteiger charge is 2.23. The van der Waals surface area contributed by atoms with Crippen LogP contribution in [0.5, 0.6) is 17.2 Å². The average molecular weight is 423 g/mol. The molecule has 31 heavy (non-hydrogen) atoms. The van der Waals surface area contributed by atoms with Gasteiger partial charge >= 0.3 is 0 Å². The maximum absolute atomic E-state index is 13.1. The van der Waals surface area contributed by atoms with Gasteiger partial charge in [0.15, 0.2) is 11.5 Å². The monoisotopic (exact) mass is 423 g/mol. The highest BCUT2D eigenvalue weighted by atomic mass is 19.1. The van der Waals surface area contributed by atoms with Crippen LogP contribution in [-0.2, 0) is 13.6 Å². The number of aryl methyl sites for hydroxylation is 1. The third kappa shape index (κ3) is 4.51. The molecule has 0 aliphatic carbocycles. The van der Waals surface area contributed by atoms with E-state index >= 15 is 0 Å². The lowest BCUT2D eigenvalue weighted by molar-refractivity contribution is 0.0968. The Labute approximate surface area is 181 Å². The summed E-state index contributed by atoms with van der Waals surface area (Å²) in [7, 11) is 1.95. The fraction of sp³-hybridized carbons (Fsp3) is 0.375. The van der Waals surface area contributed by atoms with Crippen LogP contribution in [0.4, 0.5) is 4.39 Å². The van der Waals surface area contributed by atoms with Gasteiger partial charge in [-0.25, -0.2) is 4.39 Å². The third-order valence-electron chi connectivity index (χ3n) is 5.77. The smallest absolute Gasteiger partial charge is 0.162 e. The van der Waals surface area contributed by atoms with Gasteiger partial charge in [0.1, 0.15) is 30.9 Å². The number of hydrogen-bond donors (Lipinski definition) is 0. The summed E-state index contributed by atoms with van der Waals surface area (Å²) >= 11 is 0. The molecule has 0 bridgehead atoms. The number of fused-ring (bicyclic) bond motifs is 1. The van der Waals surface area contributed by atoms with Crippen molar-refractivity contribution in [1.82, 2.24) is 14.7 Å². The van der Waals surface area contributed by atoms with Crippen LogP contribution in [-0.4, -0.2) is 47.1 Å². The number of nitrogens with zero attached hydrogens (tertiary/aromatic N) is 3. The molecule has 2 aliphatic rings. The quantitative estimate of drug-likeness (QED) is 0.620. The summed E-state index contributed by atoms with van der Waals surface area (Å²) in [5.74, 6) is 2.05. The summed E-state index contributed by atoms with van der Waals surface area (Å²) in [6, 6.07) is 12.3. The van der Waals surface area contributed by atoms with Crippen LogP contribution >= 0.6 is 0 Å². The van der Waals surface area contributed by atoms with Crippen LogP contribution in [0.25, 0.3) is 11.3 Å². The predicted molar refractivity (Wildman–Crippen MR) is 115 cm³/mol. The average Bonchev–Trinajstić information content (AvgIpc) is 3.16. The van der Waals surface area contributed by atoms with Gasteiger partial charge in [-0.2, -0.15) is 5.10 Å². The van der Waals surface area contributed by atoms with Gasteiger partial charge in [-0.1, -0.05) is 0 Å². The minimum Gasteiger partial charge on any atom is -0.490 e. The van der Waals surface area contributed by atoms with Crippen molar-refractivity contribution in [2.24, 2.45) is 7.05 Å². The molecule has 0 unspecified atom stereocenters. The molecule has 1 aromatic heterocycles. The van der Waals surface area contributed by atoms with Gasteiger partial charge in [0.2, 0.25) is 0 Å². The maximum atomic E-state index is 13.1. The van der Waals surface area contributed by atoms with Crippen molar-refractivity contribution in [2.45, 2.75) is 25.5 Å². The van der Waals surface area contributed by atoms with Gasteiger partial charge in [0.25, 0.3) is 0 Å². The van der Waals surface area contributed by atoms with Crippen molar-refractivity contribution in [2.75, 3.05) is 26.3 Å². The summed E-state index contributed by atoms with van der Waals surface area (Å²) in [4.78, 5) is 2.43. The molecule has 7 heteroatoms. The van der Waals surface area contributed by atoms with E-state index in [-0.39, 0.29) is 11.9 Å². The van der Waals surface area contributed by atoms with E-state index < -0.39 is 0 Å². The zero-order valence-electron chi connectivity index (χ0n) is 17.6. The SMILES string of the molecule is Cn1cc(CN2CCC(Oc3ccc(F)cc3)CC2)c(-c2ccc3c(c2)OCCO3)n1. The summed E-state index contributed by atoms with van der Waals surface area (Å²) in [5, 5.41) is 4.71. The molecule has 3 aromatic rings. The van der Waals surface area contributed by atoms with E-state index in [1.165, 1.54) is 17.7 Å². The van der Waals surface area contributed by atoms with Crippen LogP contribution < -0.4 is 14.2 Å². The van der Waals surface area contributed by atoms with Crippen LogP contribution in [0.15, 0.2) is 48.7 Å². The van der Waals surface area contributed by atoms with Crippen molar-refractivity contribution in [3.63, 3.8) is 0 Å². The molecule has 2 aromatic carbocycles. The molecule has 0 N–H and O–H groups in total. The van der Waals surface area contributed by atoms with E-state index in [0.29, 0.717) is 13.2 Å². The Morgan fingerprint density at radius 3 is 2.55 bits per heavy atom. The van der Waals surface area contributed by atoms with Crippen LogP contribution in [0.3, 0.4) is 0 Å². The summed E-state index contributed by atoms with van der Waals surface area (Å²) in [6.07, 6.45) is 4.13. The number of aromatic nitrogens is 2. The van der Waals surface area contributed by atoms with E-state index in [4.69, 9.17) is 19.3 Å². The largest absolute Gasteiger partial charge is 0.490 e. The second kappa shape index (κ2) is 8.59. The molecule has 5 rings (SSSR count). The molecule has 0 saturated carbocycles. The molecule has 0 spiro atoms. The number of hydrogen-bond acceptors (Lipinski definition) is 5. The third-order valence-corrected chi connectivity index (χ3v) is 5.77. The molecule has 6 nitrogen and oxygen atoms in total. The molecular formula is C24H26FN3O3. The van der Waals surface area contributed by atoms with Gasteiger partial charge in [0, 0.05) is 44.0 Å². The Bertz CT molecular complexity index is 1040. The molecule has 162 valence electrons. The van der Waals surface area contributed by atoms with Crippen molar-refractivity contribution in [3.05, 3.63) is 60.0 Å². The Hall–Kier alpha value is -3.06. The lowest BCUT2D eigenvalue weighted by Crippen LogP contribution is -2.37. The lowest BCUT2D eigenvalue weighted by atomic mass is 10.0. The fourth-order valence-corrected chi connectivity index (χ4v) is 4.22. The normalized spacial score (nSPS) is 17.0. The Balaban J connectivity index is 1.24. The van der Waals surface area contributed by atoms with Crippen molar-refractivity contribution < 1.29 is 18.6 Å². The molecule has 1 saturated heterocycles. The van der Waals surface area contributed by atoms with Gasteiger partial charge in [0.05, 0.1) is 5.69 Å². The molecular weight excluding hydrogens is 397 g/mol. The van der Waals surface area contributed by atoms with Gasteiger partial charge in [-0.05, 0) is 55.3 Å². The Morgan fingerprint density at radius 1 is 1.03 bits per heavy atom. The molecule has 1 fully saturated rings. The number of halogens is 1. The van der Waals surface area contributed by atoms with E-state index in [1.807, 2.05) is 29.9 Å². The second-order valence-corrected chi connectivity index (χ2v) is 8.08. The first-order chi connectivity index (χ1) is 15.1. The summed E-state index contributed by atoms with van der Waals surface area (Å²) in [6.45, 7) is 3.88. The molecule has 0 atom stereocenters. The molecule has 3 heterocycles.